The molecule has 3 aromatic heterocycles. The van der Waals surface area contributed by atoms with E-state index in [9.17, 15) is 0 Å². The van der Waals surface area contributed by atoms with Crippen LogP contribution in [-0.4, -0.2) is 36.3 Å². The molecule has 0 aliphatic heterocycles. The van der Waals surface area contributed by atoms with Crippen LogP contribution in [0.15, 0.2) is 24.5 Å². The molecule has 7 nitrogen and oxygen atoms in total. The molecule has 0 spiro atoms. The highest BCUT2D eigenvalue weighted by Crippen LogP contribution is 2.37. The topological polar surface area (TPSA) is 80.9 Å². The lowest BCUT2D eigenvalue weighted by molar-refractivity contribution is 0.786. The highest BCUT2D eigenvalue weighted by atomic mass is 15.5. The molecule has 3 aromatic rings. The Kier molecular flexibility index (Phi) is 3.17. The van der Waals surface area contributed by atoms with Crippen LogP contribution in [0.5, 0.6) is 0 Å². The summed E-state index contributed by atoms with van der Waals surface area (Å²) in [6, 6.07) is 3.82. The van der Waals surface area contributed by atoms with Crippen molar-refractivity contribution in [3.8, 4) is 0 Å². The number of aryl methyl sites for hydroxylation is 1. The van der Waals surface area contributed by atoms with Crippen molar-refractivity contribution in [2.75, 3.05) is 11.9 Å². The Balaban J connectivity index is 1.36. The fourth-order valence-electron chi connectivity index (χ4n) is 2.36. The van der Waals surface area contributed by atoms with Crippen LogP contribution >= 0.6 is 0 Å². The van der Waals surface area contributed by atoms with E-state index < -0.39 is 0 Å². The third-order valence-corrected chi connectivity index (χ3v) is 3.70. The number of aromatic nitrogens is 6. The minimum atomic E-state index is 0.606. The molecule has 112 valence electrons. The molecule has 4 rings (SSSR count). The van der Waals surface area contributed by atoms with Crippen molar-refractivity contribution in [2.24, 2.45) is 0 Å². The summed E-state index contributed by atoms with van der Waals surface area (Å²) in [5, 5.41) is 11.9. The molecule has 0 aromatic carbocycles. The first kappa shape index (κ1) is 13.1. The number of nitrogens with one attached hydrogen (secondary N) is 1. The predicted molar refractivity (Wildman–Crippen MR) is 81.7 cm³/mol. The number of fused-ring (bicyclic) bond motifs is 1. The summed E-state index contributed by atoms with van der Waals surface area (Å²) in [5.41, 5.74) is 1.89. The lowest BCUT2D eigenvalue weighted by Crippen LogP contribution is -2.09. The molecule has 3 heterocycles. The second kappa shape index (κ2) is 5.32. The molecule has 0 unspecified atom stereocenters. The first-order valence-corrected chi connectivity index (χ1v) is 7.53. The highest BCUT2D eigenvalue weighted by Gasteiger charge is 2.25. The van der Waals surface area contributed by atoms with Gasteiger partial charge in [0.2, 0.25) is 0 Å². The monoisotopic (exact) mass is 295 g/mol. The smallest absolute Gasteiger partial charge is 0.176 e. The fraction of sp³-hybridized carbons (Fsp3) is 0.400. The van der Waals surface area contributed by atoms with Crippen LogP contribution in [0.3, 0.4) is 0 Å². The zero-order valence-electron chi connectivity index (χ0n) is 12.4. The molecule has 0 saturated heterocycles. The molecule has 0 radical (unpaired) electrons. The lowest BCUT2D eigenvalue weighted by Gasteiger charge is -2.05. The van der Waals surface area contributed by atoms with E-state index in [1.807, 2.05) is 31.5 Å². The van der Waals surface area contributed by atoms with Crippen LogP contribution in [0.1, 0.15) is 36.0 Å². The maximum atomic E-state index is 4.43. The number of nitrogens with zero attached hydrogens (tertiary/aromatic N) is 6. The first-order valence-electron chi connectivity index (χ1n) is 7.53. The van der Waals surface area contributed by atoms with Gasteiger partial charge >= 0.3 is 0 Å². The van der Waals surface area contributed by atoms with E-state index in [0.29, 0.717) is 5.92 Å². The van der Waals surface area contributed by atoms with Gasteiger partial charge in [0.05, 0.1) is 0 Å². The molecule has 0 bridgehead atoms. The van der Waals surface area contributed by atoms with Crippen LogP contribution in [0.4, 0.5) is 5.82 Å². The summed E-state index contributed by atoms with van der Waals surface area (Å²) >= 11 is 0. The molecule has 1 aliphatic carbocycles. The second-order valence-corrected chi connectivity index (χ2v) is 5.63. The van der Waals surface area contributed by atoms with Crippen molar-refractivity contribution in [3.05, 3.63) is 41.7 Å². The van der Waals surface area contributed by atoms with Gasteiger partial charge in [-0.05, 0) is 43.9 Å². The minimum Gasteiger partial charge on any atom is -0.368 e. The van der Waals surface area contributed by atoms with Gasteiger partial charge < -0.3 is 5.32 Å². The normalized spacial score (nSPS) is 14.4. The van der Waals surface area contributed by atoms with Crippen LogP contribution in [0.25, 0.3) is 5.65 Å². The summed E-state index contributed by atoms with van der Waals surface area (Å²) in [6.45, 7) is 2.63. The van der Waals surface area contributed by atoms with Gasteiger partial charge in [-0.25, -0.2) is 15.0 Å². The van der Waals surface area contributed by atoms with Crippen LogP contribution < -0.4 is 5.32 Å². The van der Waals surface area contributed by atoms with Gasteiger partial charge in [0, 0.05) is 24.9 Å². The Morgan fingerprint density at radius 2 is 2.00 bits per heavy atom. The van der Waals surface area contributed by atoms with E-state index in [1.165, 1.54) is 12.8 Å². The lowest BCUT2D eigenvalue weighted by atomic mass is 10.2. The molecular weight excluding hydrogens is 278 g/mol. The van der Waals surface area contributed by atoms with E-state index in [2.05, 4.69) is 30.5 Å². The first-order chi connectivity index (χ1) is 10.8. The molecule has 1 aliphatic rings. The summed E-state index contributed by atoms with van der Waals surface area (Å²) in [7, 11) is 0. The number of anilines is 1. The zero-order valence-corrected chi connectivity index (χ0v) is 12.4. The second-order valence-electron chi connectivity index (χ2n) is 5.63. The quantitative estimate of drug-likeness (QED) is 0.772. The molecule has 1 fully saturated rings. The Morgan fingerprint density at radius 3 is 2.77 bits per heavy atom. The standard InChI is InChI=1S/C15H17N7/c1-10-19-14-5-4-13(21-22(14)20-10)16-7-6-11-8-17-15(18-9-11)12-2-3-12/h4-5,8-9,12H,2-3,6-7H2,1H3,(H,16,21). The minimum absolute atomic E-state index is 0.606. The van der Waals surface area contributed by atoms with Crippen molar-refractivity contribution in [2.45, 2.75) is 32.1 Å². The van der Waals surface area contributed by atoms with Crippen molar-refractivity contribution >= 4 is 11.5 Å². The van der Waals surface area contributed by atoms with Gasteiger partial charge in [0.25, 0.3) is 0 Å². The Hall–Kier alpha value is -2.57. The molecule has 1 saturated carbocycles. The predicted octanol–water partition coefficient (Wildman–Crippen LogP) is 1.75. The third kappa shape index (κ3) is 2.74. The average Bonchev–Trinajstić information content (AvgIpc) is 3.29. The summed E-state index contributed by atoms with van der Waals surface area (Å²) in [5.74, 6) is 3.10. The van der Waals surface area contributed by atoms with E-state index >= 15 is 0 Å². The summed E-state index contributed by atoms with van der Waals surface area (Å²) in [6.07, 6.45) is 7.19. The summed E-state index contributed by atoms with van der Waals surface area (Å²) < 4.78 is 1.55. The van der Waals surface area contributed by atoms with E-state index in [4.69, 9.17) is 0 Å². The van der Waals surface area contributed by atoms with Gasteiger partial charge in [0.1, 0.15) is 17.5 Å². The van der Waals surface area contributed by atoms with Gasteiger partial charge in [-0.1, -0.05) is 0 Å². The molecular formula is C15H17N7. The van der Waals surface area contributed by atoms with Crippen molar-refractivity contribution in [1.82, 2.24) is 29.8 Å². The summed E-state index contributed by atoms with van der Waals surface area (Å²) in [4.78, 5) is 13.1. The SMILES string of the molecule is Cc1nc2ccc(NCCc3cnc(C4CC4)nc3)nn2n1. The van der Waals surface area contributed by atoms with Gasteiger partial charge in [-0.3, -0.25) is 0 Å². The number of hydrogen-bond donors (Lipinski definition) is 1. The Labute approximate surface area is 127 Å². The van der Waals surface area contributed by atoms with Gasteiger partial charge in [-0.2, -0.15) is 0 Å². The van der Waals surface area contributed by atoms with Crippen LogP contribution in [-0.2, 0) is 6.42 Å². The van der Waals surface area contributed by atoms with Crippen LogP contribution in [0, 0.1) is 6.92 Å². The zero-order chi connectivity index (χ0) is 14.9. The maximum absolute atomic E-state index is 4.43. The molecule has 0 amide bonds. The fourth-order valence-corrected chi connectivity index (χ4v) is 2.36. The maximum Gasteiger partial charge on any atom is 0.176 e. The van der Waals surface area contributed by atoms with Crippen LogP contribution in [0.2, 0.25) is 0 Å². The van der Waals surface area contributed by atoms with E-state index in [0.717, 1.165) is 41.6 Å². The Morgan fingerprint density at radius 1 is 1.18 bits per heavy atom. The van der Waals surface area contributed by atoms with Crippen molar-refractivity contribution in [3.63, 3.8) is 0 Å². The van der Waals surface area contributed by atoms with Gasteiger partial charge in [0.15, 0.2) is 5.65 Å². The third-order valence-electron chi connectivity index (χ3n) is 3.70. The number of rotatable bonds is 5. The Bertz CT molecular complexity index is 789. The molecule has 7 heteroatoms. The van der Waals surface area contributed by atoms with Crippen molar-refractivity contribution < 1.29 is 0 Å². The van der Waals surface area contributed by atoms with Crippen molar-refractivity contribution in [1.29, 1.82) is 0 Å². The van der Waals surface area contributed by atoms with Gasteiger partial charge in [-0.15, -0.1) is 14.8 Å². The molecule has 22 heavy (non-hydrogen) atoms. The average molecular weight is 295 g/mol. The number of hydrogen-bond acceptors (Lipinski definition) is 6. The molecule has 1 N–H and O–H groups in total. The van der Waals surface area contributed by atoms with E-state index in [-0.39, 0.29) is 0 Å². The highest BCUT2D eigenvalue weighted by molar-refractivity contribution is 5.43. The van der Waals surface area contributed by atoms with E-state index in [1.54, 1.807) is 4.63 Å². The largest absolute Gasteiger partial charge is 0.368 e. The molecule has 0 atom stereocenters.